The summed E-state index contributed by atoms with van der Waals surface area (Å²) in [5.41, 5.74) is 5.10. The maximum atomic E-state index is 12.9. The maximum absolute atomic E-state index is 12.9. The second kappa shape index (κ2) is 5.79. The van der Waals surface area contributed by atoms with E-state index in [2.05, 4.69) is 23.8 Å². The predicted octanol–water partition coefficient (Wildman–Crippen LogP) is 0.803. The molecule has 0 aliphatic carbocycles. The fraction of sp³-hybridized carbons (Fsp3) is 0.625. The molecule has 1 aromatic heterocycles. The van der Waals surface area contributed by atoms with Gasteiger partial charge in [-0.25, -0.2) is 4.98 Å². The minimum atomic E-state index is -0.590. The summed E-state index contributed by atoms with van der Waals surface area (Å²) in [5.74, 6) is 0.279. The summed E-state index contributed by atoms with van der Waals surface area (Å²) in [5, 5.41) is 0. The monoisotopic (exact) mass is 317 g/mol. The molecule has 1 spiro atoms. The average molecular weight is 317 g/mol. The van der Waals surface area contributed by atoms with Gasteiger partial charge in [0.25, 0.3) is 5.91 Å². The normalized spacial score (nSPS) is 24.7. The quantitative estimate of drug-likeness (QED) is 0.890. The lowest BCUT2D eigenvalue weighted by Crippen LogP contribution is -2.52. The van der Waals surface area contributed by atoms with Crippen LogP contribution in [-0.4, -0.2) is 52.4 Å². The maximum Gasteiger partial charge on any atom is 0.268 e. The first-order valence-corrected chi connectivity index (χ1v) is 8.11. The Morgan fingerprint density at radius 2 is 2.09 bits per heavy atom. The number of hydrogen-bond acceptors (Lipinski definition) is 5. The van der Waals surface area contributed by atoms with Gasteiger partial charge in [0, 0.05) is 25.7 Å². The number of nitrogens with two attached hydrogens (primary N) is 1. The number of aromatic nitrogens is 2. The molecule has 2 saturated heterocycles. The second-order valence-electron chi connectivity index (χ2n) is 6.77. The number of primary amides is 1. The Bertz CT molecular complexity index is 633. The molecule has 2 N–H and O–H groups in total. The van der Waals surface area contributed by atoms with Gasteiger partial charge >= 0.3 is 0 Å². The number of likely N-dealkylation sites (tertiary alicyclic amines) is 1. The molecule has 0 saturated carbocycles. The predicted molar refractivity (Wildman–Crippen MR) is 85.9 cm³/mol. The summed E-state index contributed by atoms with van der Waals surface area (Å²) < 4.78 is 0. The van der Waals surface area contributed by atoms with E-state index in [0.717, 1.165) is 32.4 Å². The van der Waals surface area contributed by atoms with Crippen molar-refractivity contribution in [1.82, 2.24) is 14.9 Å². The number of rotatable bonds is 3. The van der Waals surface area contributed by atoms with Gasteiger partial charge in [0.1, 0.15) is 11.5 Å². The van der Waals surface area contributed by atoms with E-state index >= 15 is 0 Å². The highest BCUT2D eigenvalue weighted by molar-refractivity contribution is 5.90. The highest BCUT2D eigenvalue weighted by Crippen LogP contribution is 2.41. The Balaban J connectivity index is 1.81. The van der Waals surface area contributed by atoms with Gasteiger partial charge in [-0.2, -0.15) is 0 Å². The molecule has 0 aromatic carbocycles. The molecule has 1 aromatic rings. The van der Waals surface area contributed by atoms with Crippen LogP contribution in [-0.2, 0) is 4.79 Å². The Morgan fingerprint density at radius 1 is 1.30 bits per heavy atom. The van der Waals surface area contributed by atoms with Gasteiger partial charge in [0.2, 0.25) is 5.91 Å². The number of carbonyl (C=O) groups is 2. The third-order valence-electron chi connectivity index (χ3n) is 4.94. The number of hydrogen-bond donors (Lipinski definition) is 1. The summed E-state index contributed by atoms with van der Waals surface area (Å²) in [6.45, 7) is 6.34. The topological polar surface area (TPSA) is 92.4 Å². The van der Waals surface area contributed by atoms with Crippen LogP contribution in [0.2, 0.25) is 0 Å². The van der Waals surface area contributed by atoms with Crippen molar-refractivity contribution in [2.75, 3.05) is 24.5 Å². The van der Waals surface area contributed by atoms with Crippen molar-refractivity contribution in [3.63, 3.8) is 0 Å². The van der Waals surface area contributed by atoms with Crippen LogP contribution in [0.5, 0.6) is 0 Å². The Morgan fingerprint density at radius 3 is 2.78 bits per heavy atom. The lowest BCUT2D eigenvalue weighted by Gasteiger charge is -2.41. The van der Waals surface area contributed by atoms with Gasteiger partial charge in [-0.15, -0.1) is 0 Å². The summed E-state index contributed by atoms with van der Waals surface area (Å²) in [6.07, 6.45) is 5.75. The molecule has 3 rings (SSSR count). The first kappa shape index (κ1) is 15.7. The van der Waals surface area contributed by atoms with Gasteiger partial charge in [-0.3, -0.25) is 14.6 Å². The first-order chi connectivity index (χ1) is 10.9. The fourth-order valence-corrected chi connectivity index (χ4v) is 3.67. The molecule has 7 nitrogen and oxygen atoms in total. The zero-order valence-electron chi connectivity index (χ0n) is 13.7. The molecule has 2 amide bonds. The average Bonchev–Trinajstić information content (AvgIpc) is 2.95. The SMILES string of the molecule is CC(C)N1CCC[C@@]2(CCN(c3cncc(C(N)=O)n3)C2)C1=O. The van der Waals surface area contributed by atoms with Crippen LogP contribution in [0.15, 0.2) is 12.4 Å². The van der Waals surface area contributed by atoms with Gasteiger partial charge in [0.15, 0.2) is 0 Å². The summed E-state index contributed by atoms with van der Waals surface area (Å²) in [7, 11) is 0. The molecule has 1 atom stereocenters. The third-order valence-corrected chi connectivity index (χ3v) is 4.94. The molecular formula is C16H23N5O2. The van der Waals surface area contributed by atoms with Crippen molar-refractivity contribution < 1.29 is 9.59 Å². The Kier molecular flexibility index (Phi) is 3.95. The van der Waals surface area contributed by atoms with E-state index < -0.39 is 5.91 Å². The zero-order valence-corrected chi connectivity index (χ0v) is 13.7. The van der Waals surface area contributed by atoms with Crippen molar-refractivity contribution >= 4 is 17.6 Å². The van der Waals surface area contributed by atoms with Crippen LogP contribution in [0.25, 0.3) is 0 Å². The lowest BCUT2D eigenvalue weighted by atomic mass is 9.78. The minimum Gasteiger partial charge on any atom is -0.364 e. The minimum absolute atomic E-state index is 0.155. The lowest BCUT2D eigenvalue weighted by molar-refractivity contribution is -0.147. The summed E-state index contributed by atoms with van der Waals surface area (Å²) in [6, 6.07) is 0.228. The smallest absolute Gasteiger partial charge is 0.268 e. The molecule has 23 heavy (non-hydrogen) atoms. The molecule has 3 heterocycles. The Labute approximate surface area is 135 Å². The first-order valence-electron chi connectivity index (χ1n) is 8.11. The van der Waals surface area contributed by atoms with Crippen LogP contribution in [0.1, 0.15) is 43.6 Å². The standard InChI is InChI=1S/C16H23N5O2/c1-11(2)21-6-3-4-16(15(21)23)5-7-20(10-16)13-9-18-8-12(19-13)14(17)22/h8-9,11H,3-7,10H2,1-2H3,(H2,17,22)/t16-/m0/s1. The molecule has 0 radical (unpaired) electrons. The van der Waals surface area contributed by atoms with E-state index in [1.165, 1.54) is 6.20 Å². The molecule has 2 fully saturated rings. The highest BCUT2D eigenvalue weighted by Gasteiger charge is 2.49. The largest absolute Gasteiger partial charge is 0.364 e. The third kappa shape index (κ3) is 2.75. The molecule has 0 unspecified atom stereocenters. The van der Waals surface area contributed by atoms with Crippen LogP contribution in [0, 0.1) is 5.41 Å². The van der Waals surface area contributed by atoms with Crippen molar-refractivity contribution in [1.29, 1.82) is 0 Å². The number of amides is 2. The number of piperidine rings is 1. The van der Waals surface area contributed by atoms with Crippen molar-refractivity contribution in [3.05, 3.63) is 18.1 Å². The van der Waals surface area contributed by atoms with E-state index in [1.54, 1.807) is 6.20 Å². The summed E-state index contributed by atoms with van der Waals surface area (Å²) in [4.78, 5) is 36.6. The molecule has 124 valence electrons. The Hall–Kier alpha value is -2.18. The second-order valence-corrected chi connectivity index (χ2v) is 6.77. The van der Waals surface area contributed by atoms with Crippen LogP contribution in [0.3, 0.4) is 0 Å². The van der Waals surface area contributed by atoms with Crippen molar-refractivity contribution in [3.8, 4) is 0 Å². The highest BCUT2D eigenvalue weighted by atomic mass is 16.2. The van der Waals surface area contributed by atoms with Crippen molar-refractivity contribution in [2.45, 2.75) is 39.2 Å². The van der Waals surface area contributed by atoms with Crippen LogP contribution < -0.4 is 10.6 Å². The van der Waals surface area contributed by atoms with Gasteiger partial charge in [-0.1, -0.05) is 0 Å². The van der Waals surface area contributed by atoms with E-state index in [1.807, 2.05) is 9.80 Å². The summed E-state index contributed by atoms with van der Waals surface area (Å²) >= 11 is 0. The van der Waals surface area contributed by atoms with Gasteiger partial charge in [0.05, 0.1) is 17.8 Å². The van der Waals surface area contributed by atoms with Gasteiger partial charge in [-0.05, 0) is 33.1 Å². The van der Waals surface area contributed by atoms with Crippen molar-refractivity contribution in [2.24, 2.45) is 11.1 Å². The van der Waals surface area contributed by atoms with E-state index in [4.69, 9.17) is 5.73 Å². The van der Waals surface area contributed by atoms with Gasteiger partial charge < -0.3 is 15.5 Å². The number of anilines is 1. The van der Waals surface area contributed by atoms with E-state index in [-0.39, 0.29) is 23.1 Å². The fourth-order valence-electron chi connectivity index (χ4n) is 3.67. The van der Waals surface area contributed by atoms with E-state index in [0.29, 0.717) is 12.4 Å². The number of nitrogens with zero attached hydrogens (tertiary/aromatic N) is 4. The molecule has 7 heteroatoms. The van der Waals surface area contributed by atoms with Crippen LogP contribution in [0.4, 0.5) is 5.82 Å². The van der Waals surface area contributed by atoms with E-state index in [9.17, 15) is 9.59 Å². The molecule has 0 bridgehead atoms. The molecular weight excluding hydrogens is 294 g/mol. The molecule has 2 aliphatic heterocycles. The zero-order chi connectivity index (χ0) is 16.6. The van der Waals surface area contributed by atoms with Crippen LogP contribution >= 0.6 is 0 Å². The molecule has 2 aliphatic rings. The number of carbonyl (C=O) groups excluding carboxylic acids is 2.